The second-order valence-corrected chi connectivity index (χ2v) is 7.84. The number of rotatable bonds is 4. The molecule has 0 saturated carbocycles. The van der Waals surface area contributed by atoms with E-state index in [1.54, 1.807) is 25.1 Å². The van der Waals surface area contributed by atoms with E-state index in [9.17, 15) is 9.18 Å². The van der Waals surface area contributed by atoms with Crippen molar-refractivity contribution in [1.29, 1.82) is 0 Å². The Bertz CT molecular complexity index is 1280. The third-order valence-corrected chi connectivity index (χ3v) is 5.49. The fourth-order valence-corrected chi connectivity index (χ4v) is 3.93. The highest BCUT2D eigenvalue weighted by Crippen LogP contribution is 2.34. The monoisotopic (exact) mass is 447 g/mol. The van der Waals surface area contributed by atoms with Crippen LogP contribution in [0.4, 0.5) is 9.52 Å². The number of halogens is 3. The van der Waals surface area contributed by atoms with Crippen LogP contribution in [0.1, 0.15) is 11.3 Å². The van der Waals surface area contributed by atoms with Crippen molar-refractivity contribution in [2.45, 2.75) is 6.92 Å². The van der Waals surface area contributed by atoms with Crippen LogP contribution >= 0.6 is 34.5 Å². The second kappa shape index (κ2) is 7.90. The fraction of sp³-hybridized carbons (Fsp3) is 0.0526. The zero-order valence-corrected chi connectivity index (χ0v) is 17.2. The standard InChI is InChI=1S/C19H12Cl2FN5OS/c1-10-15(18(28)27(26-10)13-5-3-12(22)4-6-13)9-23-19-25-24-17(29-19)14-7-2-11(20)8-16(14)21/h2-9,26H,1H3. The first-order valence-electron chi connectivity index (χ1n) is 8.33. The van der Waals surface area contributed by atoms with Crippen molar-refractivity contribution >= 4 is 45.9 Å². The minimum absolute atomic E-state index is 0.302. The van der Waals surface area contributed by atoms with Crippen molar-refractivity contribution < 1.29 is 4.39 Å². The molecule has 0 aliphatic rings. The van der Waals surface area contributed by atoms with E-state index < -0.39 is 0 Å². The molecule has 6 nitrogen and oxygen atoms in total. The first-order chi connectivity index (χ1) is 13.9. The van der Waals surface area contributed by atoms with Crippen LogP contribution in [-0.4, -0.2) is 26.2 Å². The van der Waals surface area contributed by atoms with E-state index in [4.69, 9.17) is 23.2 Å². The summed E-state index contributed by atoms with van der Waals surface area (Å²) in [6.07, 6.45) is 1.43. The van der Waals surface area contributed by atoms with E-state index in [0.29, 0.717) is 42.7 Å². The summed E-state index contributed by atoms with van der Waals surface area (Å²) < 4.78 is 14.4. The largest absolute Gasteiger partial charge is 0.295 e. The molecule has 0 spiro atoms. The summed E-state index contributed by atoms with van der Waals surface area (Å²) in [5.41, 5.74) is 1.91. The molecular formula is C19H12Cl2FN5OS. The summed E-state index contributed by atoms with van der Waals surface area (Å²) in [4.78, 5) is 17.0. The first-order valence-corrected chi connectivity index (χ1v) is 9.90. The van der Waals surface area contributed by atoms with Gasteiger partial charge in [-0.05, 0) is 49.4 Å². The number of aromatic amines is 1. The highest BCUT2D eigenvalue weighted by atomic mass is 35.5. The van der Waals surface area contributed by atoms with Crippen LogP contribution in [0.15, 0.2) is 52.3 Å². The third kappa shape index (κ3) is 4.00. The molecule has 0 radical (unpaired) electrons. The lowest BCUT2D eigenvalue weighted by Gasteiger charge is -2.00. The minimum Gasteiger partial charge on any atom is -0.295 e. The predicted molar refractivity (Wildman–Crippen MR) is 114 cm³/mol. The van der Waals surface area contributed by atoms with Gasteiger partial charge in [0.25, 0.3) is 5.56 Å². The van der Waals surface area contributed by atoms with Crippen molar-refractivity contribution in [2.24, 2.45) is 4.99 Å². The summed E-state index contributed by atoms with van der Waals surface area (Å²) in [6.45, 7) is 1.75. The Morgan fingerprint density at radius 2 is 1.93 bits per heavy atom. The predicted octanol–water partition coefficient (Wildman–Crippen LogP) is 5.19. The Labute approximate surface area is 178 Å². The number of aromatic nitrogens is 4. The molecule has 0 bridgehead atoms. The third-order valence-electron chi connectivity index (χ3n) is 4.08. The maximum Gasteiger partial charge on any atom is 0.280 e. The van der Waals surface area contributed by atoms with Crippen molar-refractivity contribution in [1.82, 2.24) is 20.0 Å². The Balaban J connectivity index is 1.63. The quantitative estimate of drug-likeness (QED) is 0.437. The molecule has 1 N–H and O–H groups in total. The number of hydrogen-bond donors (Lipinski definition) is 1. The van der Waals surface area contributed by atoms with Gasteiger partial charge in [-0.3, -0.25) is 9.89 Å². The maximum absolute atomic E-state index is 13.1. The van der Waals surface area contributed by atoms with Gasteiger partial charge < -0.3 is 0 Å². The number of nitrogens with one attached hydrogen (secondary N) is 1. The molecule has 2 aromatic carbocycles. The smallest absolute Gasteiger partial charge is 0.280 e. The molecule has 10 heteroatoms. The summed E-state index contributed by atoms with van der Waals surface area (Å²) in [5, 5.41) is 13.0. The highest BCUT2D eigenvalue weighted by Gasteiger charge is 2.13. The normalized spacial score (nSPS) is 11.4. The average Bonchev–Trinajstić information content (AvgIpc) is 3.26. The van der Waals surface area contributed by atoms with E-state index in [-0.39, 0.29) is 11.4 Å². The Kier molecular flexibility index (Phi) is 5.31. The van der Waals surface area contributed by atoms with Crippen molar-refractivity contribution in [3.8, 4) is 16.3 Å². The Hall–Kier alpha value is -2.81. The van der Waals surface area contributed by atoms with E-state index in [1.165, 1.54) is 46.5 Å². The topological polar surface area (TPSA) is 75.9 Å². The van der Waals surface area contributed by atoms with Gasteiger partial charge in [-0.2, -0.15) is 0 Å². The molecule has 29 heavy (non-hydrogen) atoms. The molecule has 2 aromatic heterocycles. The molecule has 0 amide bonds. The van der Waals surface area contributed by atoms with Gasteiger partial charge >= 0.3 is 0 Å². The van der Waals surface area contributed by atoms with Crippen LogP contribution in [0.3, 0.4) is 0 Å². The first kappa shape index (κ1) is 19.5. The summed E-state index contributed by atoms with van der Waals surface area (Å²) >= 11 is 13.4. The summed E-state index contributed by atoms with van der Waals surface area (Å²) in [7, 11) is 0. The fourth-order valence-electron chi connectivity index (χ4n) is 2.64. The average molecular weight is 448 g/mol. The second-order valence-electron chi connectivity index (χ2n) is 6.04. The van der Waals surface area contributed by atoms with Crippen LogP contribution in [0.2, 0.25) is 10.0 Å². The van der Waals surface area contributed by atoms with E-state index in [1.807, 2.05) is 0 Å². The molecule has 0 saturated heterocycles. The Morgan fingerprint density at radius 1 is 1.17 bits per heavy atom. The molecule has 4 aromatic rings. The van der Waals surface area contributed by atoms with Crippen LogP contribution in [0.5, 0.6) is 0 Å². The van der Waals surface area contributed by atoms with E-state index in [2.05, 4.69) is 20.3 Å². The molecule has 0 fully saturated rings. The van der Waals surface area contributed by atoms with Crippen molar-refractivity contribution in [3.63, 3.8) is 0 Å². The minimum atomic E-state index is -0.375. The Morgan fingerprint density at radius 3 is 2.66 bits per heavy atom. The van der Waals surface area contributed by atoms with Gasteiger partial charge in [0, 0.05) is 22.5 Å². The molecule has 146 valence electrons. The lowest BCUT2D eigenvalue weighted by atomic mass is 10.2. The number of hydrogen-bond acceptors (Lipinski definition) is 5. The maximum atomic E-state index is 13.1. The number of benzene rings is 2. The van der Waals surface area contributed by atoms with Crippen molar-refractivity contribution in [3.05, 3.63) is 79.9 Å². The molecule has 2 heterocycles. The zero-order valence-electron chi connectivity index (χ0n) is 14.9. The van der Waals surface area contributed by atoms with Gasteiger partial charge in [-0.15, -0.1) is 10.2 Å². The highest BCUT2D eigenvalue weighted by molar-refractivity contribution is 7.18. The molecule has 4 rings (SSSR count). The molecule has 0 aliphatic carbocycles. The number of aryl methyl sites for hydroxylation is 1. The lowest BCUT2D eigenvalue weighted by molar-refractivity contribution is 0.627. The number of aliphatic imine (C=N–C) groups is 1. The van der Waals surface area contributed by atoms with Crippen LogP contribution in [0.25, 0.3) is 16.3 Å². The van der Waals surface area contributed by atoms with Gasteiger partial charge in [0.2, 0.25) is 5.13 Å². The van der Waals surface area contributed by atoms with Crippen LogP contribution < -0.4 is 5.56 Å². The van der Waals surface area contributed by atoms with Gasteiger partial charge in [0.15, 0.2) is 5.01 Å². The lowest BCUT2D eigenvalue weighted by Crippen LogP contribution is -2.17. The van der Waals surface area contributed by atoms with E-state index in [0.717, 1.165) is 0 Å². The van der Waals surface area contributed by atoms with Crippen LogP contribution in [0, 0.1) is 12.7 Å². The molecular weight excluding hydrogens is 436 g/mol. The number of nitrogens with zero attached hydrogens (tertiary/aromatic N) is 4. The van der Waals surface area contributed by atoms with Crippen molar-refractivity contribution in [2.75, 3.05) is 0 Å². The molecule has 0 unspecified atom stereocenters. The number of H-pyrrole nitrogens is 1. The van der Waals surface area contributed by atoms with Gasteiger partial charge in [0.05, 0.1) is 16.3 Å². The van der Waals surface area contributed by atoms with E-state index >= 15 is 0 Å². The molecule has 0 aliphatic heterocycles. The van der Waals surface area contributed by atoms with Gasteiger partial charge in [-0.25, -0.2) is 14.1 Å². The molecule has 0 atom stereocenters. The summed E-state index contributed by atoms with van der Waals surface area (Å²) in [6, 6.07) is 10.7. The van der Waals surface area contributed by atoms with Crippen LogP contribution in [-0.2, 0) is 0 Å². The summed E-state index contributed by atoms with van der Waals surface area (Å²) in [5.74, 6) is -0.375. The van der Waals surface area contributed by atoms with Gasteiger partial charge in [-0.1, -0.05) is 34.5 Å². The van der Waals surface area contributed by atoms with Gasteiger partial charge in [0.1, 0.15) is 5.82 Å². The zero-order chi connectivity index (χ0) is 20.5. The SMILES string of the molecule is Cc1[nH]n(-c2ccc(F)cc2)c(=O)c1C=Nc1nnc(-c2ccc(Cl)cc2Cl)s1.